The summed E-state index contributed by atoms with van der Waals surface area (Å²) in [5.41, 5.74) is 10.3. The van der Waals surface area contributed by atoms with Crippen molar-refractivity contribution in [3.63, 3.8) is 0 Å². The van der Waals surface area contributed by atoms with E-state index in [1.807, 2.05) is 6.07 Å². The van der Waals surface area contributed by atoms with Crippen molar-refractivity contribution < 1.29 is 0 Å². The summed E-state index contributed by atoms with van der Waals surface area (Å²) >= 11 is 0. The Balaban J connectivity index is 2.13. The van der Waals surface area contributed by atoms with Crippen molar-refractivity contribution in [2.45, 2.75) is 32.7 Å². The first-order valence-electron chi connectivity index (χ1n) is 6.76. The first-order chi connectivity index (χ1) is 9.16. The van der Waals surface area contributed by atoms with Gasteiger partial charge in [-0.1, -0.05) is 18.2 Å². The van der Waals surface area contributed by atoms with E-state index < -0.39 is 0 Å². The molecule has 0 bridgehead atoms. The van der Waals surface area contributed by atoms with Crippen LogP contribution in [0, 0.1) is 6.92 Å². The van der Waals surface area contributed by atoms with Crippen LogP contribution < -0.4 is 10.6 Å². The van der Waals surface area contributed by atoms with Crippen LogP contribution in [0.2, 0.25) is 0 Å². The largest absolute Gasteiger partial charge is 0.397 e. The molecule has 1 unspecified atom stereocenters. The first kappa shape index (κ1) is 12.0. The maximum absolute atomic E-state index is 5.81. The summed E-state index contributed by atoms with van der Waals surface area (Å²) in [7, 11) is 0. The number of benzene rings is 1. The topological polar surface area (TPSA) is 42.1 Å². The molecule has 3 nitrogen and oxygen atoms in total. The van der Waals surface area contributed by atoms with Crippen molar-refractivity contribution in [1.82, 2.24) is 4.98 Å². The Morgan fingerprint density at radius 3 is 2.89 bits per heavy atom. The van der Waals surface area contributed by atoms with Gasteiger partial charge in [0.15, 0.2) is 0 Å². The maximum atomic E-state index is 5.81. The third-order valence-electron chi connectivity index (χ3n) is 3.82. The Morgan fingerprint density at radius 2 is 2.11 bits per heavy atom. The Kier molecular flexibility index (Phi) is 2.90. The van der Waals surface area contributed by atoms with E-state index in [4.69, 9.17) is 5.73 Å². The molecule has 1 aliphatic rings. The van der Waals surface area contributed by atoms with Gasteiger partial charge in [0.1, 0.15) is 5.82 Å². The molecular weight excluding hydrogens is 234 g/mol. The maximum Gasteiger partial charge on any atom is 0.136 e. The molecule has 0 saturated carbocycles. The van der Waals surface area contributed by atoms with E-state index in [1.165, 1.54) is 11.3 Å². The Bertz CT molecular complexity index is 607. The summed E-state index contributed by atoms with van der Waals surface area (Å²) in [6.07, 6.45) is 4.04. The summed E-state index contributed by atoms with van der Waals surface area (Å²) in [4.78, 5) is 6.89. The van der Waals surface area contributed by atoms with Gasteiger partial charge in [0.05, 0.1) is 11.9 Å². The fraction of sp³-hybridized carbons (Fsp3) is 0.312. The third-order valence-corrected chi connectivity index (χ3v) is 3.82. The highest BCUT2D eigenvalue weighted by Gasteiger charge is 2.25. The number of nitrogens with two attached hydrogens (primary N) is 1. The summed E-state index contributed by atoms with van der Waals surface area (Å²) in [6, 6.07) is 11.0. The van der Waals surface area contributed by atoms with Gasteiger partial charge in [0.2, 0.25) is 0 Å². The lowest BCUT2D eigenvalue weighted by molar-refractivity contribution is 0.612. The highest BCUT2D eigenvalue weighted by atomic mass is 15.2. The Morgan fingerprint density at radius 1 is 1.32 bits per heavy atom. The molecule has 0 aliphatic carbocycles. The van der Waals surface area contributed by atoms with E-state index in [2.05, 4.69) is 48.0 Å². The lowest BCUT2D eigenvalue weighted by Gasteiger charge is -2.37. The van der Waals surface area contributed by atoms with Crippen LogP contribution in [0.4, 0.5) is 17.2 Å². The van der Waals surface area contributed by atoms with Crippen LogP contribution >= 0.6 is 0 Å². The number of nitrogens with zero attached hydrogens (tertiary/aromatic N) is 2. The lowest BCUT2D eigenvalue weighted by Crippen LogP contribution is -2.34. The number of hydrogen-bond acceptors (Lipinski definition) is 3. The number of nitrogen functional groups attached to an aromatic ring is 1. The quantitative estimate of drug-likeness (QED) is 0.846. The van der Waals surface area contributed by atoms with Gasteiger partial charge in [-0.05, 0) is 49.9 Å². The van der Waals surface area contributed by atoms with E-state index >= 15 is 0 Å². The van der Waals surface area contributed by atoms with Crippen LogP contribution in [0.3, 0.4) is 0 Å². The molecule has 0 amide bonds. The second-order valence-electron chi connectivity index (χ2n) is 5.30. The molecule has 0 radical (unpaired) electrons. The molecule has 0 fully saturated rings. The monoisotopic (exact) mass is 253 g/mol. The molecule has 19 heavy (non-hydrogen) atoms. The minimum atomic E-state index is 0.463. The van der Waals surface area contributed by atoms with Crippen LogP contribution in [0.5, 0.6) is 0 Å². The molecule has 1 atom stereocenters. The summed E-state index contributed by atoms with van der Waals surface area (Å²) in [6.45, 7) is 4.33. The van der Waals surface area contributed by atoms with Crippen molar-refractivity contribution in [3.05, 3.63) is 47.7 Å². The standard InChI is InChI=1S/C16H19N3/c1-11-9-14(17)10-18-16(11)19-12(2)7-8-13-5-3-4-6-15(13)19/h3-6,9-10,12H,7-8,17H2,1-2H3. The number of hydrogen-bond donors (Lipinski definition) is 1. The molecule has 2 heterocycles. The summed E-state index contributed by atoms with van der Waals surface area (Å²) < 4.78 is 0. The minimum Gasteiger partial charge on any atom is -0.397 e. The second kappa shape index (κ2) is 4.57. The zero-order valence-electron chi connectivity index (χ0n) is 11.4. The van der Waals surface area contributed by atoms with Gasteiger partial charge in [0.25, 0.3) is 0 Å². The van der Waals surface area contributed by atoms with Gasteiger partial charge < -0.3 is 10.6 Å². The zero-order chi connectivity index (χ0) is 13.4. The Labute approximate surface area is 114 Å². The van der Waals surface area contributed by atoms with E-state index in [0.29, 0.717) is 6.04 Å². The van der Waals surface area contributed by atoms with Gasteiger partial charge in [-0.2, -0.15) is 0 Å². The number of fused-ring (bicyclic) bond motifs is 1. The van der Waals surface area contributed by atoms with E-state index in [0.717, 1.165) is 29.9 Å². The molecule has 1 aromatic heterocycles. The van der Waals surface area contributed by atoms with Crippen molar-refractivity contribution in [2.75, 3.05) is 10.6 Å². The molecule has 2 N–H and O–H groups in total. The average Bonchev–Trinajstić information content (AvgIpc) is 2.40. The highest BCUT2D eigenvalue weighted by molar-refractivity contribution is 5.69. The number of aryl methyl sites for hydroxylation is 2. The smallest absolute Gasteiger partial charge is 0.136 e. The molecule has 0 saturated heterocycles. The van der Waals surface area contributed by atoms with E-state index in [-0.39, 0.29) is 0 Å². The summed E-state index contributed by atoms with van der Waals surface area (Å²) in [5, 5.41) is 0. The van der Waals surface area contributed by atoms with Gasteiger partial charge in [-0.25, -0.2) is 4.98 Å². The van der Waals surface area contributed by atoms with Crippen LogP contribution in [0.25, 0.3) is 0 Å². The van der Waals surface area contributed by atoms with Gasteiger partial charge in [-0.15, -0.1) is 0 Å². The highest BCUT2D eigenvalue weighted by Crippen LogP contribution is 2.37. The third kappa shape index (κ3) is 2.05. The first-order valence-corrected chi connectivity index (χ1v) is 6.76. The van der Waals surface area contributed by atoms with Crippen LogP contribution in [0.1, 0.15) is 24.5 Å². The van der Waals surface area contributed by atoms with E-state index in [1.54, 1.807) is 6.20 Å². The SMILES string of the molecule is Cc1cc(N)cnc1N1c2ccccc2CCC1C. The molecule has 1 aliphatic heterocycles. The minimum absolute atomic E-state index is 0.463. The lowest BCUT2D eigenvalue weighted by atomic mass is 9.96. The van der Waals surface area contributed by atoms with Crippen molar-refractivity contribution in [3.8, 4) is 0 Å². The number of anilines is 3. The fourth-order valence-electron chi connectivity index (χ4n) is 2.85. The van der Waals surface area contributed by atoms with Crippen LogP contribution in [-0.2, 0) is 6.42 Å². The predicted molar refractivity (Wildman–Crippen MR) is 79.8 cm³/mol. The van der Waals surface area contributed by atoms with Gasteiger partial charge in [0, 0.05) is 11.7 Å². The van der Waals surface area contributed by atoms with Crippen LogP contribution in [-0.4, -0.2) is 11.0 Å². The normalized spacial score (nSPS) is 18.2. The second-order valence-corrected chi connectivity index (χ2v) is 5.30. The molecular formula is C16H19N3. The molecule has 3 heteroatoms. The fourth-order valence-corrected chi connectivity index (χ4v) is 2.85. The van der Waals surface area contributed by atoms with Crippen molar-refractivity contribution in [2.24, 2.45) is 0 Å². The molecule has 98 valence electrons. The molecule has 1 aromatic carbocycles. The van der Waals surface area contributed by atoms with Crippen LogP contribution in [0.15, 0.2) is 36.5 Å². The number of para-hydroxylation sites is 1. The Hall–Kier alpha value is -2.03. The predicted octanol–water partition coefficient (Wildman–Crippen LogP) is 3.45. The van der Waals surface area contributed by atoms with E-state index in [9.17, 15) is 0 Å². The zero-order valence-corrected chi connectivity index (χ0v) is 11.4. The molecule has 0 spiro atoms. The van der Waals surface area contributed by atoms with Gasteiger partial charge >= 0.3 is 0 Å². The molecule has 2 aromatic rings. The van der Waals surface area contributed by atoms with Gasteiger partial charge in [-0.3, -0.25) is 0 Å². The molecule has 3 rings (SSSR count). The number of pyridine rings is 1. The number of aromatic nitrogens is 1. The summed E-state index contributed by atoms with van der Waals surface area (Å²) in [5.74, 6) is 1.02. The van der Waals surface area contributed by atoms with Crippen molar-refractivity contribution >= 4 is 17.2 Å². The van der Waals surface area contributed by atoms with Crippen molar-refractivity contribution in [1.29, 1.82) is 0 Å². The number of rotatable bonds is 1. The average molecular weight is 253 g/mol.